The predicted molar refractivity (Wildman–Crippen MR) is 134 cm³/mol. The molecule has 0 aliphatic carbocycles. The summed E-state index contributed by atoms with van der Waals surface area (Å²) >= 11 is 6.39. The number of ether oxygens (including phenoxy) is 1. The van der Waals surface area contributed by atoms with Crippen molar-refractivity contribution in [1.29, 1.82) is 0 Å². The summed E-state index contributed by atoms with van der Waals surface area (Å²) in [7, 11) is 0. The normalized spacial score (nSPS) is 16.8. The Balaban J connectivity index is 1.91. The molecule has 1 heterocycles. The largest absolute Gasteiger partial charge is 0.377 e. The van der Waals surface area contributed by atoms with Gasteiger partial charge in [-0.3, -0.25) is 9.69 Å². The maximum atomic E-state index is 13.5. The van der Waals surface area contributed by atoms with E-state index in [4.69, 9.17) is 22.2 Å². The molecule has 192 valence electrons. The molecule has 2 atom stereocenters. The maximum absolute atomic E-state index is 13.5. The summed E-state index contributed by atoms with van der Waals surface area (Å²) in [6, 6.07) is 11.2. The molecule has 11 nitrogen and oxygen atoms in total. The molecule has 1 fully saturated rings. The second-order valence-electron chi connectivity index (χ2n) is 8.49. The second-order valence-corrected chi connectivity index (χ2v) is 8.90. The van der Waals surface area contributed by atoms with Gasteiger partial charge in [-0.1, -0.05) is 54.4 Å². The molecule has 0 spiro atoms. The average Bonchev–Trinajstić information content (AvgIpc) is 2.87. The number of nitrogens with one attached hydrogen (secondary N) is 1. The lowest BCUT2D eigenvalue weighted by molar-refractivity contribution is -0.121. The summed E-state index contributed by atoms with van der Waals surface area (Å²) in [6.45, 7) is 5.90. The number of amides is 5. The minimum Gasteiger partial charge on any atom is -0.377 e. The smallest absolute Gasteiger partial charge is 0.345 e. The van der Waals surface area contributed by atoms with E-state index in [-0.39, 0.29) is 13.1 Å². The Morgan fingerprint density at radius 2 is 1.89 bits per heavy atom. The fourth-order valence-electron chi connectivity index (χ4n) is 3.64. The van der Waals surface area contributed by atoms with E-state index in [1.807, 2.05) is 38.1 Å². The monoisotopic (exact) mass is 516 g/mol. The molecule has 0 aromatic heterocycles. The van der Waals surface area contributed by atoms with E-state index in [2.05, 4.69) is 10.5 Å². The maximum Gasteiger partial charge on any atom is 0.345 e. The number of benzene rings is 2. The number of rotatable bonds is 10. The number of carbonyl (C=O) groups is 3. The molecule has 3 rings (SSSR count). The first-order valence-corrected chi connectivity index (χ1v) is 11.8. The van der Waals surface area contributed by atoms with Crippen molar-refractivity contribution in [2.24, 2.45) is 16.9 Å². The van der Waals surface area contributed by atoms with Crippen molar-refractivity contribution in [2.75, 3.05) is 18.5 Å². The van der Waals surface area contributed by atoms with E-state index in [0.29, 0.717) is 23.9 Å². The van der Waals surface area contributed by atoms with Gasteiger partial charge in [-0.25, -0.2) is 25.3 Å². The Labute approximate surface area is 214 Å². The van der Waals surface area contributed by atoms with Gasteiger partial charge in [0.05, 0.1) is 19.1 Å². The summed E-state index contributed by atoms with van der Waals surface area (Å²) in [5.74, 6) is 4.23. The third-order valence-corrected chi connectivity index (χ3v) is 6.09. The summed E-state index contributed by atoms with van der Waals surface area (Å²) in [5.41, 5.74) is 3.16. The first kappa shape index (κ1) is 27.1. The second kappa shape index (κ2) is 11.9. The zero-order valence-corrected chi connectivity index (χ0v) is 21.1. The van der Waals surface area contributed by atoms with Crippen LogP contribution in [0.1, 0.15) is 30.5 Å². The number of urea groups is 2. The standard InChI is InChI=1S/C24H29ClN6O5/c1-4-36-14-18-9-10-19(11-20(18)25)27-22-29(13-17-7-5-15(2)6-8-17)23(33)30(24(34)31(22)26)12-16(3)21(32)28-35/h5-11,16,22,27H,4,12-14,26H2,1-3H3/t16-,22?/m0/s1. The molecular formula is C24H29ClN6O5. The van der Waals surface area contributed by atoms with Crippen LogP contribution in [-0.4, -0.2) is 52.2 Å². The van der Waals surface area contributed by atoms with Gasteiger partial charge >= 0.3 is 12.1 Å². The third kappa shape index (κ3) is 6.17. The lowest BCUT2D eigenvalue weighted by atomic mass is 10.1. The van der Waals surface area contributed by atoms with E-state index < -0.39 is 30.2 Å². The molecule has 1 unspecified atom stereocenters. The Kier molecular flexibility index (Phi) is 8.97. The number of nitroso groups, excluding NO2 is 1. The number of aryl methyl sites for hydroxylation is 1. The van der Waals surface area contributed by atoms with Crippen molar-refractivity contribution in [2.45, 2.75) is 40.2 Å². The third-order valence-electron chi connectivity index (χ3n) is 5.74. The molecule has 12 heteroatoms. The quantitative estimate of drug-likeness (QED) is 0.276. The van der Waals surface area contributed by atoms with Crippen molar-refractivity contribution in [3.8, 4) is 0 Å². The number of hydrogen-bond donors (Lipinski definition) is 2. The number of hydrazine groups is 1. The van der Waals surface area contributed by atoms with Gasteiger partial charge in [0, 0.05) is 29.0 Å². The minimum atomic E-state index is -1.06. The molecule has 1 aliphatic rings. The van der Waals surface area contributed by atoms with Crippen LogP contribution >= 0.6 is 11.6 Å². The highest BCUT2D eigenvalue weighted by Crippen LogP contribution is 2.26. The summed E-state index contributed by atoms with van der Waals surface area (Å²) < 4.78 is 5.41. The Morgan fingerprint density at radius 1 is 1.19 bits per heavy atom. The summed E-state index contributed by atoms with van der Waals surface area (Å²) in [5, 5.41) is 6.81. The number of carbonyl (C=O) groups excluding carboxylic acids is 3. The van der Waals surface area contributed by atoms with Crippen molar-refractivity contribution in [1.82, 2.24) is 14.8 Å². The van der Waals surface area contributed by atoms with E-state index in [9.17, 15) is 19.3 Å². The number of nitrogens with zero attached hydrogens (tertiary/aromatic N) is 4. The molecule has 1 saturated heterocycles. The van der Waals surface area contributed by atoms with Crippen molar-refractivity contribution in [3.63, 3.8) is 0 Å². The molecule has 5 amide bonds. The number of hydrogen-bond acceptors (Lipinski definition) is 7. The van der Waals surface area contributed by atoms with Gasteiger partial charge in [0.2, 0.25) is 6.29 Å². The molecule has 2 aromatic rings. The number of halogens is 1. The van der Waals surface area contributed by atoms with Crippen molar-refractivity contribution in [3.05, 3.63) is 69.1 Å². The van der Waals surface area contributed by atoms with Crippen LogP contribution in [0.25, 0.3) is 0 Å². The van der Waals surface area contributed by atoms with Crippen LogP contribution in [0.2, 0.25) is 5.02 Å². The zero-order chi connectivity index (χ0) is 26.4. The predicted octanol–water partition coefficient (Wildman–Crippen LogP) is 4.04. The zero-order valence-electron chi connectivity index (χ0n) is 20.3. The average molecular weight is 517 g/mol. The molecule has 0 bridgehead atoms. The number of nitrogens with two attached hydrogens (primary N) is 1. The molecule has 2 aromatic carbocycles. The highest BCUT2D eigenvalue weighted by Gasteiger charge is 2.44. The SMILES string of the molecule is CCOCc1ccc(NC2N(N)C(=O)N(C[C@H](C)C(=O)N=O)C(=O)N2Cc2ccc(C)cc2)cc1Cl. The van der Waals surface area contributed by atoms with Gasteiger partial charge in [0.15, 0.2) is 0 Å². The molecule has 1 aliphatic heterocycles. The van der Waals surface area contributed by atoms with E-state index in [1.54, 1.807) is 18.2 Å². The van der Waals surface area contributed by atoms with E-state index >= 15 is 0 Å². The molecule has 0 radical (unpaired) electrons. The lowest BCUT2D eigenvalue weighted by Crippen LogP contribution is -2.70. The Bertz CT molecular complexity index is 1130. The highest BCUT2D eigenvalue weighted by molar-refractivity contribution is 6.31. The minimum absolute atomic E-state index is 0.110. The number of imide groups is 1. The summed E-state index contributed by atoms with van der Waals surface area (Å²) in [4.78, 5) is 51.1. The van der Waals surface area contributed by atoms with Gasteiger partial charge in [-0.2, -0.15) is 0 Å². The Hall–Kier alpha value is -3.54. The van der Waals surface area contributed by atoms with E-state index in [1.165, 1.54) is 11.8 Å². The van der Waals surface area contributed by atoms with Crippen molar-refractivity contribution < 1.29 is 19.1 Å². The fourth-order valence-corrected chi connectivity index (χ4v) is 3.88. The van der Waals surface area contributed by atoms with Crippen LogP contribution in [-0.2, 0) is 22.7 Å². The fraction of sp³-hybridized carbons (Fsp3) is 0.375. The van der Waals surface area contributed by atoms with Gasteiger partial charge in [-0.05, 0) is 37.1 Å². The van der Waals surface area contributed by atoms with Crippen LogP contribution in [0.5, 0.6) is 0 Å². The van der Waals surface area contributed by atoms with E-state index in [0.717, 1.165) is 26.6 Å². The molecule has 3 N–H and O–H groups in total. The van der Waals surface area contributed by atoms with Gasteiger partial charge < -0.3 is 10.1 Å². The van der Waals surface area contributed by atoms with Crippen LogP contribution in [0.15, 0.2) is 47.6 Å². The Morgan fingerprint density at radius 3 is 2.50 bits per heavy atom. The molecular weight excluding hydrogens is 488 g/mol. The number of anilines is 1. The van der Waals surface area contributed by atoms with Crippen LogP contribution in [0, 0.1) is 17.7 Å². The van der Waals surface area contributed by atoms with Crippen LogP contribution in [0.3, 0.4) is 0 Å². The van der Waals surface area contributed by atoms with Crippen LogP contribution in [0.4, 0.5) is 15.3 Å². The highest BCUT2D eigenvalue weighted by atomic mass is 35.5. The lowest BCUT2D eigenvalue weighted by Gasteiger charge is -2.45. The van der Waals surface area contributed by atoms with Gasteiger partial charge in [0.25, 0.3) is 5.91 Å². The molecule has 0 saturated carbocycles. The first-order valence-electron chi connectivity index (χ1n) is 11.4. The van der Waals surface area contributed by atoms with Crippen molar-refractivity contribution >= 4 is 35.3 Å². The van der Waals surface area contributed by atoms with Gasteiger partial charge in [0.1, 0.15) is 0 Å². The van der Waals surface area contributed by atoms with Gasteiger partial charge in [-0.15, -0.1) is 4.91 Å². The summed E-state index contributed by atoms with van der Waals surface area (Å²) in [6.07, 6.45) is -1.06. The first-order chi connectivity index (χ1) is 17.2. The van der Waals surface area contributed by atoms with Crippen LogP contribution < -0.4 is 11.2 Å². The topological polar surface area (TPSA) is 138 Å². The molecule has 36 heavy (non-hydrogen) atoms.